The van der Waals surface area contributed by atoms with Gasteiger partial charge in [0.15, 0.2) is 0 Å². The van der Waals surface area contributed by atoms with Gasteiger partial charge in [0.05, 0.1) is 5.52 Å². The summed E-state index contributed by atoms with van der Waals surface area (Å²) < 4.78 is 2.00. The molecule has 0 N–H and O–H groups in total. The average molecular weight is 487 g/mol. The van der Waals surface area contributed by atoms with E-state index in [0.29, 0.717) is 0 Å². The molecule has 0 aliphatic carbocycles. The van der Waals surface area contributed by atoms with Crippen molar-refractivity contribution in [1.29, 1.82) is 0 Å². The molecule has 0 aliphatic heterocycles. The third kappa shape index (κ3) is 2.08. The van der Waals surface area contributed by atoms with E-state index in [1.807, 2.05) is 41.2 Å². The van der Waals surface area contributed by atoms with E-state index in [1.54, 1.807) is 0 Å². The van der Waals surface area contributed by atoms with Crippen LogP contribution in [0.5, 0.6) is 0 Å². The molecule has 0 unspecified atom stereocenters. The van der Waals surface area contributed by atoms with E-state index in [1.165, 1.54) is 5.56 Å². The Balaban J connectivity index is 0.00000146. The van der Waals surface area contributed by atoms with Crippen LogP contribution in [0.25, 0.3) is 38.4 Å². The second-order valence-corrected chi connectivity index (χ2v) is 5.51. The Bertz CT molecular complexity index is 1160. The van der Waals surface area contributed by atoms with Crippen LogP contribution in [0.3, 0.4) is 0 Å². The minimum Gasteiger partial charge on any atom is -0.304 e. The number of benzene rings is 2. The summed E-state index contributed by atoms with van der Waals surface area (Å²) in [5, 5.41) is 6.65. The van der Waals surface area contributed by atoms with Gasteiger partial charge in [0.25, 0.3) is 0 Å². The Hall–Kier alpha value is -2.55. The van der Waals surface area contributed by atoms with Crippen molar-refractivity contribution in [3.63, 3.8) is 0 Å². The predicted octanol–water partition coefficient (Wildman–Crippen LogP) is 4.50. The first kappa shape index (κ1) is 15.0. The van der Waals surface area contributed by atoms with Gasteiger partial charge in [-0.1, -0.05) is 47.3 Å². The normalized spacial score (nSPS) is 11.0. The van der Waals surface area contributed by atoms with E-state index in [4.69, 9.17) is 0 Å². The van der Waals surface area contributed by atoms with Crippen LogP contribution >= 0.6 is 0 Å². The molecule has 4 heteroatoms. The van der Waals surface area contributed by atoms with Crippen LogP contribution in [0.2, 0.25) is 0 Å². The number of aromatic nitrogens is 3. The number of rotatable bonds is 1. The smallest absolute Gasteiger partial charge is 0.0564 e. The van der Waals surface area contributed by atoms with Gasteiger partial charge in [-0.25, -0.2) is 0 Å². The minimum atomic E-state index is 0. The minimum absolute atomic E-state index is 0. The van der Waals surface area contributed by atoms with Crippen molar-refractivity contribution in [3.05, 3.63) is 79.1 Å². The molecule has 0 saturated heterocycles. The molecule has 1 radical (unpaired) electrons. The Labute approximate surface area is 152 Å². The van der Waals surface area contributed by atoms with Crippen molar-refractivity contribution in [2.24, 2.45) is 0 Å². The van der Waals surface area contributed by atoms with Crippen molar-refractivity contribution >= 4 is 27.3 Å². The van der Waals surface area contributed by atoms with Crippen LogP contribution in [0.15, 0.2) is 73.1 Å². The molecular weight excluding hydrogens is 474 g/mol. The van der Waals surface area contributed by atoms with E-state index in [9.17, 15) is 0 Å². The summed E-state index contributed by atoms with van der Waals surface area (Å²) in [7, 11) is 0. The summed E-state index contributed by atoms with van der Waals surface area (Å²) in [6.07, 6.45) is 3.67. The summed E-state index contributed by atoms with van der Waals surface area (Å²) in [6, 6.07) is 23.9. The first-order chi connectivity index (χ1) is 11.4. The molecule has 3 aromatic heterocycles. The molecule has 3 nitrogen and oxygen atoms in total. The largest absolute Gasteiger partial charge is 0.304 e. The van der Waals surface area contributed by atoms with E-state index < -0.39 is 0 Å². The summed E-state index contributed by atoms with van der Waals surface area (Å²) >= 11 is 0. The van der Waals surface area contributed by atoms with Gasteiger partial charge in [0.2, 0.25) is 0 Å². The number of nitrogens with zero attached hydrogens (tertiary/aromatic N) is 3. The topological polar surface area (TPSA) is 30.2 Å². The zero-order chi connectivity index (χ0) is 15.2. The Kier molecular flexibility index (Phi) is 3.64. The fourth-order valence-corrected chi connectivity index (χ4v) is 3.24. The van der Waals surface area contributed by atoms with Crippen molar-refractivity contribution < 1.29 is 20.1 Å². The van der Waals surface area contributed by atoms with E-state index >= 15 is 0 Å². The first-order valence-corrected chi connectivity index (χ1v) is 7.54. The van der Waals surface area contributed by atoms with Crippen LogP contribution in [0.1, 0.15) is 0 Å². The summed E-state index contributed by atoms with van der Waals surface area (Å²) in [6.45, 7) is 0. The molecule has 3 heterocycles. The van der Waals surface area contributed by atoms with Gasteiger partial charge in [-0.15, -0.1) is 18.2 Å². The molecule has 5 rings (SSSR count). The van der Waals surface area contributed by atoms with Crippen LogP contribution in [0.4, 0.5) is 0 Å². The van der Waals surface area contributed by atoms with Gasteiger partial charge < -0.3 is 4.98 Å². The molecule has 117 valence electrons. The molecule has 5 aromatic rings. The average Bonchev–Trinajstić information content (AvgIpc) is 3.12. The standard InChI is InChI=1S/C20H12N3.Ir/c1-2-6-14(7-3-1)15-8-4-9-17-19-16(10-5-12-21-19)18-11-13-22-23(18)20(15)17;/h1-8,10-13H;/q-1;. The van der Waals surface area contributed by atoms with Gasteiger partial charge >= 0.3 is 0 Å². The Morgan fingerprint density at radius 2 is 1.75 bits per heavy atom. The summed E-state index contributed by atoms with van der Waals surface area (Å²) in [5.74, 6) is 0. The van der Waals surface area contributed by atoms with Gasteiger partial charge in [0.1, 0.15) is 0 Å². The van der Waals surface area contributed by atoms with E-state index in [-0.39, 0.29) is 20.1 Å². The number of pyridine rings is 2. The maximum Gasteiger partial charge on any atom is 0.0564 e. The zero-order valence-electron chi connectivity index (χ0n) is 12.6. The fourth-order valence-electron chi connectivity index (χ4n) is 3.24. The fraction of sp³-hybridized carbons (Fsp3) is 0. The molecule has 0 atom stereocenters. The molecule has 0 saturated carbocycles. The maximum atomic E-state index is 4.60. The number of hydrogen-bond acceptors (Lipinski definition) is 2. The number of fused-ring (bicyclic) bond motifs is 6. The van der Waals surface area contributed by atoms with Crippen LogP contribution in [0, 0.1) is 6.07 Å². The molecule has 0 bridgehead atoms. The first-order valence-electron chi connectivity index (χ1n) is 7.54. The van der Waals surface area contributed by atoms with Gasteiger partial charge in [0, 0.05) is 32.5 Å². The second-order valence-electron chi connectivity index (χ2n) is 5.51. The van der Waals surface area contributed by atoms with Gasteiger partial charge in [-0.2, -0.15) is 5.10 Å². The van der Waals surface area contributed by atoms with Crippen molar-refractivity contribution in [3.8, 4) is 11.1 Å². The van der Waals surface area contributed by atoms with Crippen molar-refractivity contribution in [2.75, 3.05) is 0 Å². The van der Waals surface area contributed by atoms with Crippen LogP contribution in [-0.4, -0.2) is 14.6 Å². The van der Waals surface area contributed by atoms with Gasteiger partial charge in [-0.3, -0.25) is 4.52 Å². The monoisotopic (exact) mass is 487 g/mol. The Morgan fingerprint density at radius 3 is 2.62 bits per heavy atom. The molecule has 0 aliphatic rings. The van der Waals surface area contributed by atoms with Crippen LogP contribution in [-0.2, 0) is 20.1 Å². The maximum absolute atomic E-state index is 4.60. The quantitative estimate of drug-likeness (QED) is 0.258. The third-order valence-electron chi connectivity index (χ3n) is 4.23. The SMILES string of the molecule is [Ir].[c-]1ccc(-c2ccccc2)c2c1c1ncccc1c1ccnn12. The summed E-state index contributed by atoms with van der Waals surface area (Å²) in [4.78, 5) is 4.60. The molecule has 2 aromatic carbocycles. The van der Waals surface area contributed by atoms with Crippen molar-refractivity contribution in [1.82, 2.24) is 14.6 Å². The van der Waals surface area contributed by atoms with E-state index in [2.05, 4.69) is 52.5 Å². The number of hydrogen-bond donors (Lipinski definition) is 0. The second kappa shape index (κ2) is 5.82. The summed E-state index contributed by atoms with van der Waals surface area (Å²) in [5.41, 5.74) is 5.38. The Morgan fingerprint density at radius 1 is 0.875 bits per heavy atom. The molecule has 0 amide bonds. The van der Waals surface area contributed by atoms with Gasteiger partial charge in [-0.05, 0) is 34.1 Å². The molecule has 24 heavy (non-hydrogen) atoms. The molecule has 0 fully saturated rings. The molecular formula is C20H12IrN3-. The zero-order valence-corrected chi connectivity index (χ0v) is 15.0. The van der Waals surface area contributed by atoms with Crippen molar-refractivity contribution in [2.45, 2.75) is 0 Å². The third-order valence-corrected chi connectivity index (χ3v) is 4.23. The molecule has 0 spiro atoms. The van der Waals surface area contributed by atoms with E-state index in [0.717, 1.165) is 32.9 Å². The van der Waals surface area contributed by atoms with Crippen LogP contribution < -0.4 is 0 Å². The predicted molar refractivity (Wildman–Crippen MR) is 92.3 cm³/mol.